The topological polar surface area (TPSA) is 70.7 Å². The first-order valence-electron chi connectivity index (χ1n) is 10.1. The number of nitrogens with zero attached hydrogens (tertiary/aromatic N) is 1. The van der Waals surface area contributed by atoms with Gasteiger partial charge in [0.25, 0.3) is 0 Å². The number of amides is 2. The number of carbonyl (C=O) groups is 2. The Hall–Kier alpha value is -3.22. The highest BCUT2D eigenvalue weighted by molar-refractivity contribution is 6.32. The van der Waals surface area contributed by atoms with Crippen molar-refractivity contribution in [2.24, 2.45) is 5.92 Å². The molecule has 32 heavy (non-hydrogen) atoms. The van der Waals surface area contributed by atoms with E-state index in [0.717, 1.165) is 11.3 Å². The Bertz CT molecular complexity index is 1110. The molecule has 0 bridgehead atoms. The smallest absolute Gasteiger partial charge is 0.243 e. The highest BCUT2D eigenvalue weighted by Gasteiger charge is 2.35. The highest BCUT2D eigenvalue weighted by atomic mass is 35.5. The van der Waals surface area contributed by atoms with Crippen molar-refractivity contribution in [2.75, 3.05) is 16.9 Å². The average Bonchev–Trinajstić information content (AvgIpc) is 3.20. The van der Waals surface area contributed by atoms with Crippen LogP contribution in [0.25, 0.3) is 0 Å². The number of carbonyl (C=O) groups excluding carboxylic acids is 2. The first kappa shape index (κ1) is 22.0. The number of nitrogens with one attached hydrogen (secondary N) is 2. The van der Waals surface area contributed by atoms with E-state index in [4.69, 9.17) is 27.9 Å². The lowest BCUT2D eigenvalue weighted by molar-refractivity contribution is -0.125. The Morgan fingerprint density at radius 1 is 1.03 bits per heavy atom. The summed E-state index contributed by atoms with van der Waals surface area (Å²) in [5.41, 5.74) is 7.88. The molecule has 1 fully saturated rings. The van der Waals surface area contributed by atoms with Crippen molar-refractivity contribution in [1.82, 2.24) is 5.43 Å². The standard InChI is InChI=1S/C24H21Cl2N3O3/c25-18-8-6-16(7-9-18)15-32-22-11-10-19(13-21(22)26)27-28-24(31)17-12-23(30)29(14-17)20-4-2-1-3-5-20/h1-11,13,17,27H,12,14-15H2,(H,28,31)/t17-/m0/s1. The van der Waals surface area contributed by atoms with Gasteiger partial charge in [-0.2, -0.15) is 0 Å². The number of hydrogen-bond acceptors (Lipinski definition) is 4. The quantitative estimate of drug-likeness (QED) is 0.474. The van der Waals surface area contributed by atoms with Gasteiger partial charge in [0.15, 0.2) is 0 Å². The van der Waals surface area contributed by atoms with Crippen LogP contribution in [0.3, 0.4) is 0 Å². The molecular weight excluding hydrogens is 449 g/mol. The van der Waals surface area contributed by atoms with Crippen molar-refractivity contribution in [3.05, 3.63) is 88.4 Å². The van der Waals surface area contributed by atoms with E-state index < -0.39 is 5.92 Å². The monoisotopic (exact) mass is 469 g/mol. The number of para-hydroxylation sites is 1. The number of halogens is 2. The predicted octanol–water partition coefficient (Wildman–Crippen LogP) is 5.07. The Kier molecular flexibility index (Phi) is 6.83. The summed E-state index contributed by atoms with van der Waals surface area (Å²) < 4.78 is 5.76. The van der Waals surface area contributed by atoms with Crippen LogP contribution in [0, 0.1) is 5.92 Å². The van der Waals surface area contributed by atoms with Gasteiger partial charge in [0.2, 0.25) is 11.8 Å². The largest absolute Gasteiger partial charge is 0.487 e. The van der Waals surface area contributed by atoms with Gasteiger partial charge in [-0.15, -0.1) is 0 Å². The van der Waals surface area contributed by atoms with Crippen LogP contribution in [0.4, 0.5) is 11.4 Å². The third kappa shape index (κ3) is 5.33. The molecule has 1 aliphatic rings. The van der Waals surface area contributed by atoms with Gasteiger partial charge in [-0.25, -0.2) is 0 Å². The molecule has 1 atom stereocenters. The Morgan fingerprint density at radius 3 is 2.50 bits per heavy atom. The van der Waals surface area contributed by atoms with Crippen LogP contribution in [0.1, 0.15) is 12.0 Å². The van der Waals surface area contributed by atoms with Gasteiger partial charge < -0.3 is 9.64 Å². The summed E-state index contributed by atoms with van der Waals surface area (Å²) in [7, 11) is 0. The van der Waals surface area contributed by atoms with Gasteiger partial charge in [0.1, 0.15) is 12.4 Å². The molecule has 0 aromatic heterocycles. The number of ether oxygens (including phenoxy) is 1. The van der Waals surface area contributed by atoms with E-state index >= 15 is 0 Å². The third-order valence-corrected chi connectivity index (χ3v) is 5.68. The van der Waals surface area contributed by atoms with Crippen molar-refractivity contribution in [2.45, 2.75) is 13.0 Å². The van der Waals surface area contributed by atoms with Crippen molar-refractivity contribution in [3.8, 4) is 5.75 Å². The lowest BCUT2D eigenvalue weighted by Crippen LogP contribution is -2.36. The minimum Gasteiger partial charge on any atom is -0.487 e. The zero-order chi connectivity index (χ0) is 22.5. The average molecular weight is 470 g/mol. The first-order valence-corrected chi connectivity index (χ1v) is 10.8. The van der Waals surface area contributed by atoms with E-state index in [9.17, 15) is 9.59 Å². The number of rotatable bonds is 7. The number of hydrazine groups is 1. The molecule has 8 heteroatoms. The number of anilines is 2. The van der Waals surface area contributed by atoms with E-state index in [0.29, 0.717) is 34.6 Å². The van der Waals surface area contributed by atoms with Gasteiger partial charge in [0.05, 0.1) is 16.6 Å². The van der Waals surface area contributed by atoms with Crippen molar-refractivity contribution < 1.29 is 14.3 Å². The van der Waals surface area contributed by atoms with Crippen LogP contribution < -0.4 is 20.5 Å². The first-order chi connectivity index (χ1) is 15.5. The summed E-state index contributed by atoms with van der Waals surface area (Å²) >= 11 is 12.2. The summed E-state index contributed by atoms with van der Waals surface area (Å²) in [5, 5.41) is 1.07. The van der Waals surface area contributed by atoms with Gasteiger partial charge in [-0.1, -0.05) is 53.5 Å². The van der Waals surface area contributed by atoms with Crippen LogP contribution in [0.2, 0.25) is 10.0 Å². The second kappa shape index (κ2) is 9.94. The maximum atomic E-state index is 12.6. The fourth-order valence-corrected chi connectivity index (χ4v) is 3.77. The Balaban J connectivity index is 1.30. The maximum absolute atomic E-state index is 12.6. The van der Waals surface area contributed by atoms with Crippen LogP contribution >= 0.6 is 23.2 Å². The second-order valence-corrected chi connectivity index (χ2v) is 8.26. The number of benzene rings is 3. The van der Waals surface area contributed by atoms with Crippen LogP contribution in [-0.4, -0.2) is 18.4 Å². The van der Waals surface area contributed by atoms with Crippen molar-refractivity contribution in [1.29, 1.82) is 0 Å². The minimum atomic E-state index is -0.437. The zero-order valence-corrected chi connectivity index (χ0v) is 18.6. The highest BCUT2D eigenvalue weighted by Crippen LogP contribution is 2.29. The fraction of sp³-hybridized carbons (Fsp3) is 0.167. The van der Waals surface area contributed by atoms with Crippen molar-refractivity contribution >= 4 is 46.4 Å². The summed E-state index contributed by atoms with van der Waals surface area (Å²) in [6.45, 7) is 0.697. The van der Waals surface area contributed by atoms with Gasteiger partial charge in [0, 0.05) is 23.7 Å². The molecular formula is C24H21Cl2N3O3. The molecule has 0 unspecified atom stereocenters. The van der Waals surface area contributed by atoms with Crippen LogP contribution in [-0.2, 0) is 16.2 Å². The van der Waals surface area contributed by atoms with Gasteiger partial charge in [-0.05, 0) is 48.0 Å². The van der Waals surface area contributed by atoms with E-state index in [1.807, 2.05) is 42.5 Å². The Labute approximate surface area is 196 Å². The fourth-order valence-electron chi connectivity index (χ4n) is 3.41. The van der Waals surface area contributed by atoms with Crippen LogP contribution in [0.15, 0.2) is 72.8 Å². The molecule has 3 aromatic rings. The number of hydrogen-bond donors (Lipinski definition) is 2. The molecule has 0 spiro atoms. The summed E-state index contributed by atoms with van der Waals surface area (Å²) in [6.07, 6.45) is 0.167. The molecule has 3 aromatic carbocycles. The van der Waals surface area contributed by atoms with E-state index in [1.54, 1.807) is 35.2 Å². The summed E-state index contributed by atoms with van der Waals surface area (Å²) in [5.74, 6) is -0.233. The SMILES string of the molecule is O=C(NNc1ccc(OCc2ccc(Cl)cc2)c(Cl)c1)[C@H]1CC(=O)N(c2ccccc2)C1. The van der Waals surface area contributed by atoms with E-state index in [1.165, 1.54) is 0 Å². The normalized spacial score (nSPS) is 15.5. The molecule has 1 aliphatic heterocycles. The molecule has 164 valence electrons. The molecule has 4 rings (SSSR count). The summed E-state index contributed by atoms with van der Waals surface area (Å²) in [4.78, 5) is 26.5. The van der Waals surface area contributed by atoms with E-state index in [-0.39, 0.29) is 18.2 Å². The summed E-state index contributed by atoms with van der Waals surface area (Å²) in [6, 6.07) is 21.8. The van der Waals surface area contributed by atoms with Gasteiger partial charge in [-0.3, -0.25) is 20.4 Å². The lowest BCUT2D eigenvalue weighted by atomic mass is 10.1. The van der Waals surface area contributed by atoms with Crippen molar-refractivity contribution in [3.63, 3.8) is 0 Å². The maximum Gasteiger partial charge on any atom is 0.243 e. The third-order valence-electron chi connectivity index (χ3n) is 5.13. The zero-order valence-electron chi connectivity index (χ0n) is 17.1. The van der Waals surface area contributed by atoms with Crippen LogP contribution in [0.5, 0.6) is 5.75 Å². The molecule has 0 aliphatic carbocycles. The lowest BCUT2D eigenvalue weighted by Gasteiger charge is -2.17. The molecule has 1 saturated heterocycles. The van der Waals surface area contributed by atoms with Gasteiger partial charge >= 0.3 is 0 Å². The predicted molar refractivity (Wildman–Crippen MR) is 126 cm³/mol. The molecule has 1 heterocycles. The molecule has 0 radical (unpaired) electrons. The molecule has 2 N–H and O–H groups in total. The minimum absolute atomic E-state index is 0.0680. The molecule has 6 nitrogen and oxygen atoms in total. The Morgan fingerprint density at radius 2 is 1.78 bits per heavy atom. The second-order valence-electron chi connectivity index (χ2n) is 7.42. The molecule has 0 saturated carbocycles. The molecule has 2 amide bonds. The van der Waals surface area contributed by atoms with E-state index in [2.05, 4.69) is 10.9 Å².